The van der Waals surface area contributed by atoms with Crippen LogP contribution in [0.4, 0.5) is 11.4 Å². The molecule has 2 nitrogen and oxygen atoms in total. The lowest BCUT2D eigenvalue weighted by Gasteiger charge is -2.15. The molecule has 1 aromatic heterocycles. The summed E-state index contributed by atoms with van der Waals surface area (Å²) >= 11 is 0. The van der Waals surface area contributed by atoms with Crippen molar-refractivity contribution in [2.45, 2.75) is 0 Å². The molecule has 0 saturated carbocycles. The number of nitrogens with one attached hydrogen (secondary N) is 1. The molecule has 6 aromatic rings. The van der Waals surface area contributed by atoms with Crippen LogP contribution in [0.3, 0.4) is 0 Å². The monoisotopic (exact) mass is 408 g/mol. The minimum atomic E-state index is 1.13. The Morgan fingerprint density at radius 3 is 2.06 bits per heavy atom. The molecule has 0 spiro atoms. The van der Waals surface area contributed by atoms with Crippen molar-refractivity contribution in [2.24, 2.45) is 0 Å². The number of aromatic nitrogens is 1. The highest BCUT2D eigenvalue weighted by atomic mass is 15.0. The molecule has 0 bridgehead atoms. The number of benzene rings is 5. The van der Waals surface area contributed by atoms with E-state index in [4.69, 9.17) is 0 Å². The summed E-state index contributed by atoms with van der Waals surface area (Å²) < 4.78 is 2.43. The van der Waals surface area contributed by atoms with Gasteiger partial charge in [-0.15, -0.1) is 0 Å². The fourth-order valence-corrected chi connectivity index (χ4v) is 5.11. The summed E-state index contributed by atoms with van der Waals surface area (Å²) in [6.07, 6.45) is 0. The first-order valence-corrected chi connectivity index (χ1v) is 11.0. The molecule has 0 fully saturated rings. The summed E-state index contributed by atoms with van der Waals surface area (Å²) in [7, 11) is 0. The number of hydrogen-bond donors (Lipinski definition) is 1. The topological polar surface area (TPSA) is 17.0 Å². The number of para-hydroxylation sites is 3. The summed E-state index contributed by atoms with van der Waals surface area (Å²) in [4.78, 5) is 0. The zero-order valence-electron chi connectivity index (χ0n) is 17.4. The third-order valence-electron chi connectivity index (χ3n) is 6.51. The second-order valence-corrected chi connectivity index (χ2v) is 8.32. The van der Waals surface area contributed by atoms with E-state index in [9.17, 15) is 0 Å². The zero-order valence-corrected chi connectivity index (χ0v) is 17.4. The first kappa shape index (κ1) is 17.4. The van der Waals surface area contributed by atoms with Crippen LogP contribution in [0.5, 0.6) is 0 Å². The second kappa shape index (κ2) is 6.60. The summed E-state index contributed by atoms with van der Waals surface area (Å²) in [6.45, 7) is 0. The fraction of sp³-hybridized carbons (Fsp3) is 0. The first-order chi connectivity index (χ1) is 15.9. The van der Waals surface area contributed by atoms with E-state index in [1.165, 1.54) is 49.7 Å². The molecule has 7 rings (SSSR count). The number of anilines is 2. The minimum Gasteiger partial charge on any atom is -0.354 e. The van der Waals surface area contributed by atoms with Crippen LogP contribution in [0.15, 0.2) is 115 Å². The van der Waals surface area contributed by atoms with E-state index in [2.05, 4.69) is 125 Å². The van der Waals surface area contributed by atoms with Crippen molar-refractivity contribution in [3.63, 3.8) is 0 Å². The largest absolute Gasteiger partial charge is 0.354 e. The van der Waals surface area contributed by atoms with Gasteiger partial charge in [0.25, 0.3) is 0 Å². The van der Waals surface area contributed by atoms with Gasteiger partial charge in [-0.25, -0.2) is 0 Å². The standard InChI is InChI=1S/C30H20N2/c1-2-10-21-19-22(18-17-20(21)9-1)32-28-16-8-5-13-25(28)29-23-11-3-6-14-26(23)31-27-15-7-4-12-24(27)30(29)32/h1-19,31H. The van der Waals surface area contributed by atoms with E-state index >= 15 is 0 Å². The van der Waals surface area contributed by atoms with Gasteiger partial charge in [0, 0.05) is 39.1 Å². The van der Waals surface area contributed by atoms with Gasteiger partial charge in [-0.3, -0.25) is 0 Å². The maximum absolute atomic E-state index is 3.70. The Kier molecular flexibility index (Phi) is 3.58. The van der Waals surface area contributed by atoms with Crippen LogP contribution in [0.2, 0.25) is 0 Å². The molecule has 1 N–H and O–H groups in total. The minimum absolute atomic E-state index is 1.13. The molecule has 1 aliphatic heterocycles. The smallest absolute Gasteiger partial charge is 0.0641 e. The zero-order chi connectivity index (χ0) is 21.1. The fourth-order valence-electron chi connectivity index (χ4n) is 5.11. The van der Waals surface area contributed by atoms with Crippen LogP contribution in [0, 0.1) is 0 Å². The maximum Gasteiger partial charge on any atom is 0.0641 e. The Labute approximate surface area is 186 Å². The van der Waals surface area contributed by atoms with Crippen molar-refractivity contribution in [1.82, 2.24) is 4.57 Å². The molecule has 0 unspecified atom stereocenters. The Hall–Kier alpha value is -4.30. The molecule has 0 radical (unpaired) electrons. The van der Waals surface area contributed by atoms with Gasteiger partial charge in [0.1, 0.15) is 0 Å². The molecule has 1 aliphatic rings. The molecule has 2 heteroatoms. The average Bonchev–Trinajstić information content (AvgIpc) is 3.11. The summed E-state index contributed by atoms with van der Waals surface area (Å²) in [5, 5.41) is 7.46. The highest BCUT2D eigenvalue weighted by Crippen LogP contribution is 2.49. The lowest BCUT2D eigenvalue weighted by molar-refractivity contribution is 1.14. The van der Waals surface area contributed by atoms with Crippen LogP contribution in [-0.2, 0) is 0 Å². The van der Waals surface area contributed by atoms with Crippen LogP contribution < -0.4 is 5.32 Å². The van der Waals surface area contributed by atoms with E-state index in [-0.39, 0.29) is 0 Å². The molecule has 0 amide bonds. The molecule has 32 heavy (non-hydrogen) atoms. The number of nitrogens with zero attached hydrogens (tertiary/aromatic N) is 1. The van der Waals surface area contributed by atoms with E-state index in [1.54, 1.807) is 0 Å². The Balaban J connectivity index is 1.68. The van der Waals surface area contributed by atoms with Crippen molar-refractivity contribution in [3.05, 3.63) is 115 Å². The molecular formula is C30H20N2. The number of fused-ring (bicyclic) bond motifs is 8. The molecular weight excluding hydrogens is 388 g/mol. The highest BCUT2D eigenvalue weighted by molar-refractivity contribution is 6.11. The van der Waals surface area contributed by atoms with E-state index in [0.717, 1.165) is 11.4 Å². The van der Waals surface area contributed by atoms with Crippen LogP contribution >= 0.6 is 0 Å². The molecule has 0 atom stereocenters. The van der Waals surface area contributed by atoms with Gasteiger partial charge in [0.2, 0.25) is 0 Å². The summed E-state index contributed by atoms with van der Waals surface area (Å²) in [6, 6.07) is 41.3. The van der Waals surface area contributed by atoms with Crippen molar-refractivity contribution >= 4 is 33.1 Å². The van der Waals surface area contributed by atoms with E-state index < -0.39 is 0 Å². The van der Waals surface area contributed by atoms with Gasteiger partial charge in [-0.1, -0.05) is 84.9 Å². The lowest BCUT2D eigenvalue weighted by atomic mass is 9.98. The van der Waals surface area contributed by atoms with Crippen molar-refractivity contribution in [3.8, 4) is 28.1 Å². The van der Waals surface area contributed by atoms with Gasteiger partial charge in [0.15, 0.2) is 0 Å². The predicted molar refractivity (Wildman–Crippen MR) is 135 cm³/mol. The molecule has 2 heterocycles. The predicted octanol–water partition coefficient (Wildman–Crippen LogP) is 8.17. The molecule has 150 valence electrons. The third-order valence-corrected chi connectivity index (χ3v) is 6.51. The van der Waals surface area contributed by atoms with Gasteiger partial charge in [0.05, 0.1) is 11.2 Å². The third kappa shape index (κ3) is 2.41. The van der Waals surface area contributed by atoms with E-state index in [1.807, 2.05) is 0 Å². The molecule has 0 saturated heterocycles. The number of hydrogen-bond acceptors (Lipinski definition) is 1. The SMILES string of the molecule is c1ccc2c(c1)Nc1ccccc1-c1c-2c2ccccc2n1-c1ccc2ccccc2c1. The Bertz CT molecular complexity index is 1660. The quantitative estimate of drug-likeness (QED) is 0.290. The normalized spacial score (nSPS) is 12.0. The number of rotatable bonds is 1. The molecule has 5 aromatic carbocycles. The summed E-state index contributed by atoms with van der Waals surface area (Å²) in [5.74, 6) is 0. The van der Waals surface area contributed by atoms with E-state index in [0.29, 0.717) is 0 Å². The second-order valence-electron chi connectivity index (χ2n) is 8.32. The first-order valence-electron chi connectivity index (χ1n) is 11.0. The lowest BCUT2D eigenvalue weighted by Crippen LogP contribution is -1.98. The van der Waals surface area contributed by atoms with Gasteiger partial charge >= 0.3 is 0 Å². The van der Waals surface area contributed by atoms with Crippen LogP contribution in [-0.4, -0.2) is 4.57 Å². The van der Waals surface area contributed by atoms with Crippen molar-refractivity contribution in [1.29, 1.82) is 0 Å². The van der Waals surface area contributed by atoms with Crippen molar-refractivity contribution < 1.29 is 0 Å². The average molecular weight is 409 g/mol. The van der Waals surface area contributed by atoms with Crippen molar-refractivity contribution in [2.75, 3.05) is 5.32 Å². The Morgan fingerprint density at radius 2 is 1.19 bits per heavy atom. The van der Waals surface area contributed by atoms with Gasteiger partial charge < -0.3 is 9.88 Å². The van der Waals surface area contributed by atoms with Gasteiger partial charge in [-0.2, -0.15) is 0 Å². The summed E-state index contributed by atoms with van der Waals surface area (Å²) in [5.41, 5.74) is 9.62. The maximum atomic E-state index is 3.70. The van der Waals surface area contributed by atoms with Gasteiger partial charge in [-0.05, 0) is 41.1 Å². The Morgan fingerprint density at radius 1 is 0.531 bits per heavy atom. The molecule has 0 aliphatic carbocycles. The van der Waals surface area contributed by atoms with Crippen LogP contribution in [0.25, 0.3) is 49.7 Å². The van der Waals surface area contributed by atoms with Crippen LogP contribution in [0.1, 0.15) is 0 Å². The highest BCUT2D eigenvalue weighted by Gasteiger charge is 2.26.